The largest absolute Gasteiger partial charge is 0.350 e. The predicted octanol–water partition coefficient (Wildman–Crippen LogP) is 1.80. The predicted molar refractivity (Wildman–Crippen MR) is 105 cm³/mol. The van der Waals surface area contributed by atoms with E-state index in [1.54, 1.807) is 11.3 Å². The number of hydrogen-bond acceptors (Lipinski definition) is 5. The number of likely N-dealkylation sites (tertiary alicyclic amines) is 1. The first-order valence-corrected chi connectivity index (χ1v) is 10.5. The molecule has 1 N–H and O–H groups in total. The molecule has 0 spiro atoms. The fourth-order valence-corrected chi connectivity index (χ4v) is 4.97. The van der Waals surface area contributed by atoms with Crippen LogP contribution in [0.15, 0.2) is 22.3 Å². The molecular formula is C19H23N5O2S. The summed E-state index contributed by atoms with van der Waals surface area (Å²) in [6.07, 6.45) is 4.25. The van der Waals surface area contributed by atoms with Crippen molar-refractivity contribution in [2.75, 3.05) is 20.1 Å². The maximum atomic E-state index is 13.0. The zero-order chi connectivity index (χ0) is 18.5. The summed E-state index contributed by atoms with van der Waals surface area (Å²) in [7, 11) is 2.07. The maximum Gasteiger partial charge on any atom is 0.291 e. The number of amides is 1. The third-order valence-corrected chi connectivity index (χ3v) is 6.46. The Morgan fingerprint density at radius 3 is 3.00 bits per heavy atom. The zero-order valence-corrected chi connectivity index (χ0v) is 16.2. The molecule has 0 bridgehead atoms. The molecule has 8 heteroatoms. The molecular weight excluding hydrogens is 362 g/mol. The first kappa shape index (κ1) is 16.9. The molecule has 1 saturated carbocycles. The molecule has 2 fully saturated rings. The topological polar surface area (TPSA) is 71.6 Å². The van der Waals surface area contributed by atoms with E-state index < -0.39 is 0 Å². The second-order valence-electron chi connectivity index (χ2n) is 7.81. The Bertz CT molecular complexity index is 1080. The lowest BCUT2D eigenvalue weighted by molar-refractivity contribution is -0.123. The van der Waals surface area contributed by atoms with Crippen molar-refractivity contribution in [3.8, 4) is 0 Å². The van der Waals surface area contributed by atoms with E-state index in [1.807, 2.05) is 21.9 Å². The number of nitrogens with zero attached hydrogens (tertiary/aromatic N) is 4. The minimum Gasteiger partial charge on any atom is -0.350 e. The van der Waals surface area contributed by atoms with E-state index in [-0.39, 0.29) is 24.1 Å². The van der Waals surface area contributed by atoms with Crippen LogP contribution in [0.4, 0.5) is 0 Å². The normalized spacial score (nSPS) is 21.1. The van der Waals surface area contributed by atoms with Gasteiger partial charge in [0.05, 0.1) is 0 Å². The van der Waals surface area contributed by atoms with Crippen molar-refractivity contribution in [3.63, 3.8) is 0 Å². The molecule has 7 nitrogen and oxygen atoms in total. The number of aromatic nitrogens is 3. The average molecular weight is 385 g/mol. The minimum absolute atomic E-state index is 0.0197. The molecule has 27 heavy (non-hydrogen) atoms. The van der Waals surface area contributed by atoms with E-state index >= 15 is 0 Å². The Kier molecular flexibility index (Phi) is 4.05. The van der Waals surface area contributed by atoms with Gasteiger partial charge in [-0.2, -0.15) is 5.10 Å². The molecule has 1 saturated heterocycles. The molecule has 0 radical (unpaired) electrons. The van der Waals surface area contributed by atoms with Gasteiger partial charge in [-0.25, -0.2) is 4.68 Å². The highest BCUT2D eigenvalue weighted by atomic mass is 32.1. The summed E-state index contributed by atoms with van der Waals surface area (Å²) < 4.78 is 3.36. The molecule has 0 aromatic carbocycles. The Hall–Kier alpha value is -2.19. The van der Waals surface area contributed by atoms with E-state index in [2.05, 4.69) is 22.4 Å². The Morgan fingerprint density at radius 1 is 1.37 bits per heavy atom. The van der Waals surface area contributed by atoms with E-state index in [1.165, 1.54) is 4.68 Å². The summed E-state index contributed by atoms with van der Waals surface area (Å²) in [5.74, 6) is 1.16. The number of rotatable bonds is 4. The second kappa shape index (κ2) is 6.45. The van der Waals surface area contributed by atoms with Crippen molar-refractivity contribution in [2.45, 2.75) is 44.2 Å². The van der Waals surface area contributed by atoms with Gasteiger partial charge < -0.3 is 10.2 Å². The number of fused-ring (bicyclic) bond motifs is 3. The molecule has 1 atom stereocenters. The van der Waals surface area contributed by atoms with Crippen LogP contribution in [0, 0.1) is 0 Å². The summed E-state index contributed by atoms with van der Waals surface area (Å²) in [5.41, 5.74) is 0.428. The summed E-state index contributed by atoms with van der Waals surface area (Å²) >= 11 is 1.63. The second-order valence-corrected chi connectivity index (χ2v) is 8.70. The first-order chi connectivity index (χ1) is 13.1. The Morgan fingerprint density at radius 2 is 2.22 bits per heavy atom. The molecule has 1 aliphatic carbocycles. The average Bonchev–Trinajstić information content (AvgIpc) is 3.26. The lowest BCUT2D eigenvalue weighted by atomic mass is 10.1. The van der Waals surface area contributed by atoms with Gasteiger partial charge in [0.1, 0.15) is 22.7 Å². The Labute approximate surface area is 160 Å². The van der Waals surface area contributed by atoms with Crippen molar-refractivity contribution in [1.29, 1.82) is 0 Å². The van der Waals surface area contributed by atoms with Crippen molar-refractivity contribution in [1.82, 2.24) is 24.4 Å². The summed E-state index contributed by atoms with van der Waals surface area (Å²) in [6, 6.07) is 4.10. The SMILES string of the molecule is CN1CCCC(NC(=O)Cn2nc(C3CC3)n3c(cc4ccsc43)c2=O)C1. The van der Waals surface area contributed by atoms with Gasteiger partial charge in [0.25, 0.3) is 5.56 Å². The van der Waals surface area contributed by atoms with Gasteiger partial charge >= 0.3 is 0 Å². The van der Waals surface area contributed by atoms with Crippen LogP contribution in [0.3, 0.4) is 0 Å². The van der Waals surface area contributed by atoms with Crippen molar-refractivity contribution >= 4 is 33.0 Å². The van der Waals surface area contributed by atoms with Gasteiger partial charge in [0.2, 0.25) is 5.91 Å². The van der Waals surface area contributed by atoms with Crippen LogP contribution in [-0.2, 0) is 11.3 Å². The van der Waals surface area contributed by atoms with Crippen LogP contribution in [0.2, 0.25) is 0 Å². The van der Waals surface area contributed by atoms with Crippen LogP contribution in [-0.4, -0.2) is 51.2 Å². The quantitative estimate of drug-likeness (QED) is 0.743. The minimum atomic E-state index is -0.196. The van der Waals surface area contributed by atoms with Gasteiger partial charge in [-0.3, -0.25) is 14.0 Å². The summed E-state index contributed by atoms with van der Waals surface area (Å²) in [5, 5.41) is 10.8. The van der Waals surface area contributed by atoms with Crippen molar-refractivity contribution in [3.05, 3.63) is 33.7 Å². The number of carbonyl (C=O) groups excluding carboxylic acids is 1. The molecule has 142 valence electrons. The molecule has 4 heterocycles. The molecule has 3 aromatic heterocycles. The monoisotopic (exact) mass is 385 g/mol. The van der Waals surface area contributed by atoms with Crippen LogP contribution in [0.25, 0.3) is 15.7 Å². The highest BCUT2D eigenvalue weighted by Crippen LogP contribution is 2.40. The number of piperidine rings is 1. The van der Waals surface area contributed by atoms with Crippen molar-refractivity contribution in [2.24, 2.45) is 0 Å². The van der Waals surface area contributed by atoms with Crippen LogP contribution in [0.5, 0.6) is 0 Å². The van der Waals surface area contributed by atoms with E-state index in [9.17, 15) is 9.59 Å². The lowest BCUT2D eigenvalue weighted by Gasteiger charge is -2.30. The van der Waals surface area contributed by atoms with Crippen LogP contribution < -0.4 is 10.9 Å². The highest BCUT2D eigenvalue weighted by molar-refractivity contribution is 7.16. The van der Waals surface area contributed by atoms with Gasteiger partial charge in [0, 0.05) is 23.9 Å². The van der Waals surface area contributed by atoms with E-state index in [4.69, 9.17) is 0 Å². The first-order valence-electron chi connectivity index (χ1n) is 9.58. The molecule has 1 aliphatic heterocycles. The van der Waals surface area contributed by atoms with Gasteiger partial charge in [-0.15, -0.1) is 11.3 Å². The summed E-state index contributed by atoms with van der Waals surface area (Å²) in [4.78, 5) is 28.8. The number of hydrogen-bond donors (Lipinski definition) is 1. The van der Waals surface area contributed by atoms with Crippen LogP contribution in [0.1, 0.15) is 37.4 Å². The fourth-order valence-electron chi connectivity index (χ4n) is 4.06. The molecule has 3 aromatic rings. The number of carbonyl (C=O) groups is 1. The maximum absolute atomic E-state index is 13.0. The standard InChI is InChI=1S/C19H23N5O2S/c1-22-7-2-3-14(10-22)20-16(25)11-23-18(26)15-9-13-6-8-27-19(13)24(15)17(21-23)12-4-5-12/h6,8-9,12,14H,2-5,7,10-11H2,1H3,(H,20,25). The molecule has 1 amide bonds. The van der Waals surface area contributed by atoms with E-state index in [0.29, 0.717) is 11.4 Å². The van der Waals surface area contributed by atoms with Gasteiger partial charge in [-0.1, -0.05) is 0 Å². The van der Waals surface area contributed by atoms with Gasteiger partial charge in [0.15, 0.2) is 0 Å². The van der Waals surface area contributed by atoms with Crippen molar-refractivity contribution < 1.29 is 4.79 Å². The highest BCUT2D eigenvalue weighted by Gasteiger charge is 2.30. The van der Waals surface area contributed by atoms with Gasteiger partial charge in [-0.05, 0) is 56.8 Å². The molecule has 5 rings (SSSR count). The third kappa shape index (κ3) is 3.06. The molecule has 1 unspecified atom stereocenters. The van der Waals surface area contributed by atoms with E-state index in [0.717, 1.165) is 54.8 Å². The number of thiophene rings is 1. The van der Waals surface area contributed by atoms with Crippen LogP contribution >= 0.6 is 11.3 Å². The number of nitrogens with one attached hydrogen (secondary N) is 1. The zero-order valence-electron chi connectivity index (χ0n) is 15.4. The number of likely N-dealkylation sites (N-methyl/N-ethyl adjacent to an activating group) is 1. The third-order valence-electron chi connectivity index (χ3n) is 5.54. The summed E-state index contributed by atoms with van der Waals surface area (Å²) in [6.45, 7) is 1.91. The molecule has 2 aliphatic rings. The fraction of sp³-hybridized carbons (Fsp3) is 0.526. The smallest absolute Gasteiger partial charge is 0.291 e. The lowest BCUT2D eigenvalue weighted by Crippen LogP contribution is -2.48. The Balaban J connectivity index is 1.47.